The van der Waals surface area contributed by atoms with Crippen molar-refractivity contribution in [3.8, 4) is 0 Å². The largest absolute Gasteiger partial charge is 0.480 e. The zero-order valence-corrected chi connectivity index (χ0v) is 11.0. The number of piperidine rings is 1. The van der Waals surface area contributed by atoms with E-state index in [0.717, 1.165) is 25.9 Å². The quantitative estimate of drug-likeness (QED) is 0.791. The number of nitrogens with two attached hydrogens (primary N) is 1. The minimum atomic E-state index is -0.874. The fourth-order valence-electron chi connectivity index (χ4n) is 2.16. The van der Waals surface area contributed by atoms with Gasteiger partial charge in [0.2, 0.25) is 0 Å². The Bertz CT molecular complexity index is 217. The summed E-state index contributed by atoms with van der Waals surface area (Å²) in [5, 5.41) is 8.72. The van der Waals surface area contributed by atoms with E-state index in [2.05, 4.69) is 18.7 Å². The number of carboxylic acid groups (broad SMARTS) is 1. The van der Waals surface area contributed by atoms with Crippen LogP contribution in [0.2, 0.25) is 0 Å². The first-order valence-corrected chi connectivity index (χ1v) is 6.11. The lowest BCUT2D eigenvalue weighted by Gasteiger charge is -2.35. The Kier molecular flexibility index (Phi) is 8.08. The molecule has 1 saturated heterocycles. The van der Waals surface area contributed by atoms with Gasteiger partial charge in [0.25, 0.3) is 0 Å². The third-order valence-corrected chi connectivity index (χ3v) is 3.28. The number of alkyl halides is 1. The van der Waals surface area contributed by atoms with Gasteiger partial charge in [-0.1, -0.05) is 0 Å². The van der Waals surface area contributed by atoms with Gasteiger partial charge in [-0.15, -0.1) is 0 Å². The molecule has 1 heterocycles. The number of aliphatic carboxylic acids is 1. The second-order valence-corrected chi connectivity index (χ2v) is 4.75. The SMILES string of the molecule is CC(C)N1CCC(CC(N)C(=O)O)CC1.CF. The van der Waals surface area contributed by atoms with Crippen LogP contribution in [0.3, 0.4) is 0 Å². The number of likely N-dealkylation sites (tertiary alicyclic amines) is 1. The van der Waals surface area contributed by atoms with Gasteiger partial charge in [0.1, 0.15) is 6.04 Å². The molecule has 0 saturated carbocycles. The van der Waals surface area contributed by atoms with E-state index in [1.54, 1.807) is 0 Å². The van der Waals surface area contributed by atoms with E-state index in [0.29, 0.717) is 25.6 Å². The summed E-state index contributed by atoms with van der Waals surface area (Å²) in [7, 11) is 0.500. The summed E-state index contributed by atoms with van der Waals surface area (Å²) >= 11 is 0. The van der Waals surface area contributed by atoms with E-state index in [-0.39, 0.29) is 0 Å². The van der Waals surface area contributed by atoms with Crippen LogP contribution in [-0.4, -0.2) is 48.3 Å². The van der Waals surface area contributed by atoms with Gasteiger partial charge in [0.15, 0.2) is 0 Å². The lowest BCUT2D eigenvalue weighted by atomic mass is 9.90. The molecule has 0 radical (unpaired) electrons. The second kappa shape index (κ2) is 8.42. The van der Waals surface area contributed by atoms with E-state index < -0.39 is 12.0 Å². The summed E-state index contributed by atoms with van der Waals surface area (Å²) in [5.41, 5.74) is 5.53. The van der Waals surface area contributed by atoms with Crippen LogP contribution in [0.25, 0.3) is 0 Å². The smallest absolute Gasteiger partial charge is 0.320 e. The maximum Gasteiger partial charge on any atom is 0.320 e. The summed E-state index contributed by atoms with van der Waals surface area (Å²) in [6.45, 7) is 6.55. The van der Waals surface area contributed by atoms with Crippen molar-refractivity contribution in [1.29, 1.82) is 0 Å². The van der Waals surface area contributed by atoms with Crippen LogP contribution in [0, 0.1) is 5.92 Å². The first kappa shape index (κ1) is 16.3. The highest BCUT2D eigenvalue weighted by molar-refractivity contribution is 5.73. The van der Waals surface area contributed by atoms with Crippen LogP contribution in [0.5, 0.6) is 0 Å². The van der Waals surface area contributed by atoms with E-state index in [1.165, 1.54) is 0 Å². The van der Waals surface area contributed by atoms with E-state index in [4.69, 9.17) is 10.8 Å². The van der Waals surface area contributed by atoms with Gasteiger partial charge in [-0.05, 0) is 52.1 Å². The molecule has 5 heteroatoms. The number of rotatable bonds is 4. The monoisotopic (exact) mass is 248 g/mol. The van der Waals surface area contributed by atoms with Crippen LogP contribution in [0.1, 0.15) is 33.1 Å². The summed E-state index contributed by atoms with van der Waals surface area (Å²) in [6, 6.07) is -0.0836. The average Bonchev–Trinajstić information content (AvgIpc) is 2.32. The Hall–Kier alpha value is -0.680. The molecule has 1 aliphatic rings. The molecule has 4 nitrogen and oxygen atoms in total. The molecule has 1 aliphatic heterocycles. The zero-order valence-electron chi connectivity index (χ0n) is 11.0. The van der Waals surface area contributed by atoms with E-state index >= 15 is 0 Å². The van der Waals surface area contributed by atoms with Crippen LogP contribution in [0.15, 0.2) is 0 Å². The third-order valence-electron chi connectivity index (χ3n) is 3.28. The molecular weight excluding hydrogens is 223 g/mol. The highest BCUT2D eigenvalue weighted by Crippen LogP contribution is 2.22. The first-order chi connectivity index (χ1) is 8.00. The van der Waals surface area contributed by atoms with Gasteiger partial charge in [-0.3, -0.25) is 9.18 Å². The summed E-state index contributed by atoms with van der Waals surface area (Å²) < 4.78 is 9.50. The fourth-order valence-corrected chi connectivity index (χ4v) is 2.16. The number of hydrogen-bond acceptors (Lipinski definition) is 3. The molecule has 0 aromatic rings. The van der Waals surface area contributed by atoms with Gasteiger partial charge in [0.05, 0.1) is 7.18 Å². The number of carboxylic acids is 1. The van der Waals surface area contributed by atoms with Gasteiger partial charge >= 0.3 is 5.97 Å². The predicted molar refractivity (Wildman–Crippen MR) is 66.7 cm³/mol. The third kappa shape index (κ3) is 5.98. The van der Waals surface area contributed by atoms with Gasteiger partial charge < -0.3 is 15.7 Å². The minimum absolute atomic E-state index is 0.492. The van der Waals surface area contributed by atoms with Gasteiger partial charge in [0, 0.05) is 6.04 Å². The van der Waals surface area contributed by atoms with Crippen molar-refractivity contribution in [2.45, 2.75) is 45.2 Å². The maximum absolute atomic E-state index is 10.6. The number of carbonyl (C=O) groups is 1. The van der Waals surface area contributed by atoms with E-state index in [9.17, 15) is 9.18 Å². The Morgan fingerprint density at radius 2 is 1.88 bits per heavy atom. The van der Waals surface area contributed by atoms with Gasteiger partial charge in [-0.25, -0.2) is 0 Å². The summed E-state index contributed by atoms with van der Waals surface area (Å²) in [4.78, 5) is 13.0. The molecule has 1 atom stereocenters. The van der Waals surface area contributed by atoms with Crippen molar-refractivity contribution in [3.05, 3.63) is 0 Å². The lowest BCUT2D eigenvalue weighted by Crippen LogP contribution is -2.41. The highest BCUT2D eigenvalue weighted by Gasteiger charge is 2.24. The molecule has 1 fully saturated rings. The van der Waals surface area contributed by atoms with Crippen molar-refractivity contribution in [2.24, 2.45) is 11.7 Å². The minimum Gasteiger partial charge on any atom is -0.480 e. The normalized spacial score (nSPS) is 19.6. The molecular formula is C12H25FN2O2. The van der Waals surface area contributed by atoms with Crippen molar-refractivity contribution < 1.29 is 14.3 Å². The number of nitrogens with zero attached hydrogens (tertiary/aromatic N) is 1. The van der Waals surface area contributed by atoms with Crippen molar-refractivity contribution >= 4 is 5.97 Å². The topological polar surface area (TPSA) is 66.6 Å². The fraction of sp³-hybridized carbons (Fsp3) is 0.917. The molecule has 0 spiro atoms. The molecule has 0 aromatic carbocycles. The Labute approximate surface area is 103 Å². The standard InChI is InChI=1S/C11H22N2O2.CH3F/c1-8(2)13-5-3-9(4-6-13)7-10(12)11(14)15;1-2/h8-10H,3-7,12H2,1-2H3,(H,14,15);1H3. The first-order valence-electron chi connectivity index (χ1n) is 6.11. The highest BCUT2D eigenvalue weighted by atomic mass is 19.1. The molecule has 0 amide bonds. The van der Waals surface area contributed by atoms with Crippen LogP contribution >= 0.6 is 0 Å². The predicted octanol–water partition coefficient (Wildman–Crippen LogP) is 1.49. The number of halogens is 1. The van der Waals surface area contributed by atoms with Crippen molar-refractivity contribution in [3.63, 3.8) is 0 Å². The molecule has 1 rings (SSSR count). The lowest BCUT2D eigenvalue weighted by molar-refractivity contribution is -0.139. The average molecular weight is 248 g/mol. The Morgan fingerprint density at radius 1 is 1.41 bits per heavy atom. The Morgan fingerprint density at radius 3 is 2.24 bits per heavy atom. The molecule has 0 bridgehead atoms. The van der Waals surface area contributed by atoms with Crippen LogP contribution in [0.4, 0.5) is 4.39 Å². The molecule has 0 aliphatic carbocycles. The van der Waals surface area contributed by atoms with E-state index in [1.807, 2.05) is 0 Å². The molecule has 3 N–H and O–H groups in total. The van der Waals surface area contributed by atoms with Crippen LogP contribution in [-0.2, 0) is 4.79 Å². The maximum atomic E-state index is 10.6. The van der Waals surface area contributed by atoms with Crippen LogP contribution < -0.4 is 5.73 Å². The van der Waals surface area contributed by atoms with Crippen molar-refractivity contribution in [1.82, 2.24) is 4.90 Å². The molecule has 1 unspecified atom stereocenters. The Balaban J connectivity index is 0.00000121. The number of hydrogen-bond donors (Lipinski definition) is 2. The molecule has 0 aromatic heterocycles. The van der Waals surface area contributed by atoms with Crippen molar-refractivity contribution in [2.75, 3.05) is 20.3 Å². The van der Waals surface area contributed by atoms with Gasteiger partial charge in [-0.2, -0.15) is 0 Å². The summed E-state index contributed by atoms with van der Waals surface area (Å²) in [5.74, 6) is -0.382. The molecule has 102 valence electrons. The zero-order chi connectivity index (χ0) is 13.4. The second-order valence-electron chi connectivity index (χ2n) is 4.75. The summed E-state index contributed by atoms with van der Waals surface area (Å²) in [6.07, 6.45) is 2.79. The molecule has 17 heavy (non-hydrogen) atoms.